The van der Waals surface area contributed by atoms with Gasteiger partial charge in [0.25, 0.3) is 0 Å². The van der Waals surface area contributed by atoms with Crippen molar-refractivity contribution in [1.29, 1.82) is 0 Å². The lowest BCUT2D eigenvalue weighted by molar-refractivity contribution is -0.125. The Bertz CT molecular complexity index is 700. The van der Waals surface area contributed by atoms with Gasteiger partial charge in [0, 0.05) is 37.1 Å². The van der Waals surface area contributed by atoms with Gasteiger partial charge in [-0.1, -0.05) is 6.07 Å². The van der Waals surface area contributed by atoms with Crippen molar-refractivity contribution >= 4 is 5.91 Å². The molecule has 1 aromatic heterocycles. The highest BCUT2D eigenvalue weighted by molar-refractivity contribution is 5.80. The molecule has 1 aliphatic heterocycles. The first-order chi connectivity index (χ1) is 12.0. The predicted octanol–water partition coefficient (Wildman–Crippen LogP) is 2.50. The third-order valence-electron chi connectivity index (χ3n) is 4.65. The Labute approximate surface area is 145 Å². The number of hydrogen-bond donors (Lipinski definition) is 1. The second-order valence-corrected chi connectivity index (χ2v) is 6.47. The van der Waals surface area contributed by atoms with Crippen LogP contribution in [0.1, 0.15) is 31.4 Å². The molecule has 1 N–H and O–H groups in total. The summed E-state index contributed by atoms with van der Waals surface area (Å²) < 4.78 is 29.4. The summed E-state index contributed by atoms with van der Waals surface area (Å²) in [6.45, 7) is 3.36. The summed E-state index contributed by atoms with van der Waals surface area (Å²) >= 11 is 0. The molecule has 0 aliphatic carbocycles. The van der Waals surface area contributed by atoms with E-state index in [9.17, 15) is 13.6 Å². The van der Waals surface area contributed by atoms with Gasteiger partial charge in [-0.05, 0) is 38.4 Å². The third kappa shape index (κ3) is 4.22. The summed E-state index contributed by atoms with van der Waals surface area (Å²) in [6, 6.07) is 3.54. The molecule has 1 fully saturated rings. The Balaban J connectivity index is 1.59. The van der Waals surface area contributed by atoms with Crippen LogP contribution in [0.25, 0.3) is 0 Å². The van der Waals surface area contributed by atoms with Crippen LogP contribution in [-0.4, -0.2) is 39.5 Å². The van der Waals surface area contributed by atoms with E-state index in [2.05, 4.69) is 10.3 Å². The molecule has 2 atom stereocenters. The molecule has 3 rings (SSSR count). The monoisotopic (exact) mass is 348 g/mol. The number of rotatable bonds is 5. The van der Waals surface area contributed by atoms with E-state index in [4.69, 9.17) is 0 Å². The van der Waals surface area contributed by atoms with E-state index in [-0.39, 0.29) is 30.1 Å². The molecule has 1 aliphatic rings. The summed E-state index contributed by atoms with van der Waals surface area (Å²) in [6.07, 6.45) is 6.73. The number of amides is 1. The standard InChI is InChI=1S/C18H22F2N4O/c1-13(24-9-7-21-12-24)18(25)22-14-4-3-8-23(10-14)11-15-16(19)5-2-6-17(15)20/h2,5-7,9,12-14H,3-4,8,10-11H2,1H3,(H,22,25). The number of piperidine rings is 1. The van der Waals surface area contributed by atoms with Gasteiger partial charge in [0.05, 0.1) is 6.33 Å². The van der Waals surface area contributed by atoms with Crippen molar-refractivity contribution in [3.63, 3.8) is 0 Å². The van der Waals surface area contributed by atoms with Gasteiger partial charge < -0.3 is 9.88 Å². The topological polar surface area (TPSA) is 50.2 Å². The number of nitrogens with zero attached hydrogens (tertiary/aromatic N) is 3. The molecule has 7 heteroatoms. The van der Waals surface area contributed by atoms with Gasteiger partial charge >= 0.3 is 0 Å². The quantitative estimate of drug-likeness (QED) is 0.903. The lowest BCUT2D eigenvalue weighted by atomic mass is 10.0. The van der Waals surface area contributed by atoms with E-state index < -0.39 is 11.6 Å². The summed E-state index contributed by atoms with van der Waals surface area (Å²) in [5.74, 6) is -1.14. The highest BCUT2D eigenvalue weighted by atomic mass is 19.1. The molecule has 2 unspecified atom stereocenters. The molecule has 2 heterocycles. The van der Waals surface area contributed by atoms with Crippen molar-refractivity contribution < 1.29 is 13.6 Å². The Kier molecular flexibility index (Phi) is 5.43. The van der Waals surface area contributed by atoms with E-state index in [1.807, 2.05) is 11.8 Å². The SMILES string of the molecule is CC(C(=O)NC1CCCN(Cc2c(F)cccc2F)C1)n1ccnc1. The molecule has 0 radical (unpaired) electrons. The average molecular weight is 348 g/mol. The summed E-state index contributed by atoms with van der Waals surface area (Å²) in [4.78, 5) is 18.3. The van der Waals surface area contributed by atoms with Crippen molar-refractivity contribution in [2.45, 2.75) is 38.4 Å². The number of aromatic nitrogens is 2. The van der Waals surface area contributed by atoms with Crippen LogP contribution in [-0.2, 0) is 11.3 Å². The zero-order chi connectivity index (χ0) is 17.8. The smallest absolute Gasteiger partial charge is 0.243 e. The van der Waals surface area contributed by atoms with Gasteiger partial charge in [-0.25, -0.2) is 13.8 Å². The first kappa shape index (κ1) is 17.5. The fraction of sp³-hybridized carbons (Fsp3) is 0.444. The van der Waals surface area contributed by atoms with Gasteiger partial charge in [-0.3, -0.25) is 9.69 Å². The molecular weight excluding hydrogens is 326 g/mol. The minimum absolute atomic E-state index is 0.0259. The van der Waals surface area contributed by atoms with Crippen molar-refractivity contribution in [3.05, 3.63) is 54.1 Å². The number of carbonyl (C=O) groups is 1. The zero-order valence-corrected chi connectivity index (χ0v) is 14.2. The second-order valence-electron chi connectivity index (χ2n) is 6.47. The van der Waals surface area contributed by atoms with E-state index in [0.717, 1.165) is 19.4 Å². The zero-order valence-electron chi connectivity index (χ0n) is 14.2. The van der Waals surface area contributed by atoms with E-state index in [1.54, 1.807) is 23.3 Å². The number of benzene rings is 1. The largest absolute Gasteiger partial charge is 0.350 e. The first-order valence-corrected chi connectivity index (χ1v) is 8.47. The molecule has 134 valence electrons. The molecular formula is C18H22F2N4O. The highest BCUT2D eigenvalue weighted by Crippen LogP contribution is 2.19. The van der Waals surface area contributed by atoms with Crippen molar-refractivity contribution in [1.82, 2.24) is 19.8 Å². The molecule has 1 amide bonds. The van der Waals surface area contributed by atoms with Crippen LogP contribution < -0.4 is 5.32 Å². The first-order valence-electron chi connectivity index (χ1n) is 8.47. The normalized spacial score (nSPS) is 19.6. The number of halogens is 2. The minimum Gasteiger partial charge on any atom is -0.350 e. The fourth-order valence-corrected chi connectivity index (χ4v) is 3.18. The van der Waals surface area contributed by atoms with Crippen LogP contribution >= 0.6 is 0 Å². The Morgan fingerprint density at radius 1 is 1.40 bits per heavy atom. The Hall–Kier alpha value is -2.28. The lowest BCUT2D eigenvalue weighted by Gasteiger charge is -2.33. The molecule has 1 saturated heterocycles. The van der Waals surface area contributed by atoms with Crippen LogP contribution in [0.15, 0.2) is 36.9 Å². The number of likely N-dealkylation sites (tertiary alicyclic amines) is 1. The highest BCUT2D eigenvalue weighted by Gasteiger charge is 2.25. The average Bonchev–Trinajstić information content (AvgIpc) is 3.12. The summed E-state index contributed by atoms with van der Waals surface area (Å²) in [5.41, 5.74) is 0.0845. The van der Waals surface area contributed by atoms with E-state index in [0.29, 0.717) is 6.54 Å². The number of nitrogens with one attached hydrogen (secondary N) is 1. The summed E-state index contributed by atoms with van der Waals surface area (Å²) in [5, 5.41) is 3.04. The van der Waals surface area contributed by atoms with Gasteiger partial charge in [0.15, 0.2) is 0 Å². The van der Waals surface area contributed by atoms with Crippen LogP contribution in [0.3, 0.4) is 0 Å². The predicted molar refractivity (Wildman–Crippen MR) is 89.7 cm³/mol. The van der Waals surface area contributed by atoms with Crippen molar-refractivity contribution in [2.24, 2.45) is 0 Å². The van der Waals surface area contributed by atoms with Crippen molar-refractivity contribution in [2.75, 3.05) is 13.1 Å². The van der Waals surface area contributed by atoms with Crippen LogP contribution in [0.4, 0.5) is 8.78 Å². The van der Waals surface area contributed by atoms with Crippen LogP contribution in [0.2, 0.25) is 0 Å². The maximum absolute atomic E-state index is 13.8. The summed E-state index contributed by atoms with van der Waals surface area (Å²) in [7, 11) is 0. The Morgan fingerprint density at radius 3 is 2.84 bits per heavy atom. The third-order valence-corrected chi connectivity index (χ3v) is 4.65. The molecule has 0 bridgehead atoms. The number of hydrogen-bond acceptors (Lipinski definition) is 3. The van der Waals surface area contributed by atoms with Gasteiger partial charge in [0.2, 0.25) is 5.91 Å². The van der Waals surface area contributed by atoms with E-state index >= 15 is 0 Å². The minimum atomic E-state index is -0.528. The lowest BCUT2D eigenvalue weighted by Crippen LogP contribution is -2.48. The van der Waals surface area contributed by atoms with Gasteiger partial charge in [0.1, 0.15) is 17.7 Å². The molecule has 1 aromatic carbocycles. The molecule has 5 nitrogen and oxygen atoms in total. The van der Waals surface area contributed by atoms with Gasteiger partial charge in [-0.2, -0.15) is 0 Å². The molecule has 0 spiro atoms. The second kappa shape index (κ2) is 7.74. The maximum Gasteiger partial charge on any atom is 0.243 e. The van der Waals surface area contributed by atoms with Crippen LogP contribution in [0.5, 0.6) is 0 Å². The van der Waals surface area contributed by atoms with Gasteiger partial charge in [-0.15, -0.1) is 0 Å². The number of imidazole rings is 1. The molecule has 0 saturated carbocycles. The van der Waals surface area contributed by atoms with E-state index in [1.165, 1.54) is 18.2 Å². The maximum atomic E-state index is 13.8. The Morgan fingerprint density at radius 2 is 2.16 bits per heavy atom. The van der Waals surface area contributed by atoms with Crippen LogP contribution in [0, 0.1) is 11.6 Å². The van der Waals surface area contributed by atoms with Crippen molar-refractivity contribution in [3.8, 4) is 0 Å². The number of carbonyl (C=O) groups excluding carboxylic acids is 1. The molecule has 2 aromatic rings. The molecule has 25 heavy (non-hydrogen) atoms. The fourth-order valence-electron chi connectivity index (χ4n) is 3.18.